The molecule has 1 heterocycles. The molecule has 1 saturated heterocycles. The van der Waals surface area contributed by atoms with Crippen LogP contribution in [0.5, 0.6) is 5.75 Å². The van der Waals surface area contributed by atoms with Crippen LogP contribution >= 0.6 is 0 Å². The Balaban J connectivity index is 2.11. The molecule has 1 aromatic rings. The van der Waals surface area contributed by atoms with Gasteiger partial charge in [0.2, 0.25) is 6.29 Å². The fourth-order valence-corrected chi connectivity index (χ4v) is 2.21. The van der Waals surface area contributed by atoms with Gasteiger partial charge < -0.3 is 29.5 Å². The van der Waals surface area contributed by atoms with E-state index in [0.717, 1.165) is 0 Å². The fraction of sp³-hybridized carbons (Fsp3) is 0.538. The minimum atomic E-state index is -1.29. The maximum absolute atomic E-state index is 10.6. The van der Waals surface area contributed by atoms with Crippen molar-refractivity contribution >= 4 is 5.69 Å². The van der Waals surface area contributed by atoms with Gasteiger partial charge in [0, 0.05) is 19.2 Å². The van der Waals surface area contributed by atoms with E-state index in [9.17, 15) is 25.4 Å². The zero-order chi connectivity index (χ0) is 16.3. The van der Waals surface area contributed by atoms with Gasteiger partial charge >= 0.3 is 0 Å². The van der Waals surface area contributed by atoms with Crippen molar-refractivity contribution in [2.24, 2.45) is 0 Å². The molecule has 0 amide bonds. The van der Waals surface area contributed by atoms with Crippen molar-refractivity contribution in [1.82, 2.24) is 0 Å². The number of aliphatic hydroxyl groups excluding tert-OH is 3. The number of benzene rings is 1. The third-order valence-electron chi connectivity index (χ3n) is 3.39. The van der Waals surface area contributed by atoms with Gasteiger partial charge in [-0.3, -0.25) is 10.1 Å². The van der Waals surface area contributed by atoms with E-state index in [1.807, 2.05) is 0 Å². The van der Waals surface area contributed by atoms with Crippen LogP contribution in [0.3, 0.4) is 0 Å². The summed E-state index contributed by atoms with van der Waals surface area (Å²) in [6.07, 6.45) is -5.66. The minimum absolute atomic E-state index is 0.101. The zero-order valence-corrected chi connectivity index (χ0v) is 11.7. The maximum Gasteiger partial charge on any atom is 0.269 e. The fourth-order valence-electron chi connectivity index (χ4n) is 2.21. The van der Waals surface area contributed by atoms with Gasteiger partial charge in [0.25, 0.3) is 5.69 Å². The first-order valence-corrected chi connectivity index (χ1v) is 6.54. The second-order valence-electron chi connectivity index (χ2n) is 4.78. The number of non-ortho nitro benzene ring substituents is 1. The lowest BCUT2D eigenvalue weighted by atomic mass is 9.99. The van der Waals surface area contributed by atoms with Crippen molar-refractivity contribution in [2.75, 3.05) is 13.7 Å². The monoisotopic (exact) mass is 315 g/mol. The smallest absolute Gasteiger partial charge is 0.269 e. The van der Waals surface area contributed by atoms with Gasteiger partial charge in [-0.2, -0.15) is 0 Å². The van der Waals surface area contributed by atoms with Gasteiger partial charge in [0.1, 0.15) is 30.2 Å². The number of nitro benzene ring substituents is 1. The Morgan fingerprint density at radius 2 is 1.91 bits per heavy atom. The number of ether oxygens (including phenoxy) is 3. The Hall–Kier alpha value is -1.78. The summed E-state index contributed by atoms with van der Waals surface area (Å²) < 4.78 is 15.7. The Labute approximate surface area is 125 Å². The van der Waals surface area contributed by atoms with E-state index in [4.69, 9.17) is 14.2 Å². The van der Waals surface area contributed by atoms with E-state index < -0.39 is 42.2 Å². The number of aliphatic hydroxyl groups is 3. The van der Waals surface area contributed by atoms with Gasteiger partial charge in [-0.05, 0) is 12.1 Å². The van der Waals surface area contributed by atoms with Crippen LogP contribution in [0.4, 0.5) is 5.69 Å². The Bertz CT molecular complexity index is 507. The Morgan fingerprint density at radius 1 is 1.27 bits per heavy atom. The quantitative estimate of drug-likeness (QED) is 0.486. The lowest BCUT2D eigenvalue weighted by Crippen LogP contribution is -2.60. The number of rotatable bonds is 5. The van der Waals surface area contributed by atoms with Gasteiger partial charge in [0.15, 0.2) is 0 Å². The minimum Gasteiger partial charge on any atom is -0.462 e. The molecule has 0 saturated carbocycles. The summed E-state index contributed by atoms with van der Waals surface area (Å²) in [7, 11) is 1.31. The second kappa shape index (κ2) is 6.99. The molecule has 0 aliphatic carbocycles. The number of nitro groups is 1. The highest BCUT2D eigenvalue weighted by atomic mass is 16.7. The van der Waals surface area contributed by atoms with Crippen LogP contribution in [0, 0.1) is 10.1 Å². The van der Waals surface area contributed by atoms with Gasteiger partial charge in [-0.25, -0.2) is 0 Å². The number of methoxy groups -OCH3 is 1. The topological polar surface area (TPSA) is 132 Å². The van der Waals surface area contributed by atoms with E-state index in [2.05, 4.69) is 0 Å². The highest BCUT2D eigenvalue weighted by molar-refractivity contribution is 5.36. The summed E-state index contributed by atoms with van der Waals surface area (Å²) in [5.74, 6) is 0.234. The predicted octanol–water partition coefficient (Wildman–Crippen LogP) is -0.572. The highest BCUT2D eigenvalue weighted by Crippen LogP contribution is 2.26. The molecule has 2 rings (SSSR count). The Morgan fingerprint density at radius 3 is 2.41 bits per heavy atom. The van der Waals surface area contributed by atoms with Crippen molar-refractivity contribution < 1.29 is 34.5 Å². The SMILES string of the molecule is CO[C@H]1[C@@H](O)[C@@H](CO)O[C@H](Oc2ccc([N+](=O)[O-])cc2)[C@@H]1O. The first-order chi connectivity index (χ1) is 10.5. The highest BCUT2D eigenvalue weighted by Gasteiger charge is 2.45. The molecule has 1 aliphatic rings. The summed E-state index contributed by atoms with van der Waals surface area (Å²) >= 11 is 0. The van der Waals surface area contributed by atoms with Gasteiger partial charge in [-0.1, -0.05) is 0 Å². The van der Waals surface area contributed by atoms with E-state index in [-0.39, 0.29) is 11.4 Å². The van der Waals surface area contributed by atoms with Crippen LogP contribution in [-0.2, 0) is 9.47 Å². The molecule has 1 fully saturated rings. The average molecular weight is 315 g/mol. The summed E-state index contributed by atoms with van der Waals surface area (Å²) in [6.45, 7) is -0.478. The number of hydrogen-bond acceptors (Lipinski definition) is 8. The molecule has 0 bridgehead atoms. The normalized spacial score (nSPS) is 31.7. The van der Waals surface area contributed by atoms with E-state index >= 15 is 0 Å². The molecule has 9 heteroatoms. The molecule has 0 radical (unpaired) electrons. The summed E-state index contributed by atoms with van der Waals surface area (Å²) in [5, 5.41) is 39.7. The van der Waals surface area contributed by atoms with Crippen molar-refractivity contribution in [2.45, 2.75) is 30.7 Å². The van der Waals surface area contributed by atoms with Crippen molar-refractivity contribution in [1.29, 1.82) is 0 Å². The van der Waals surface area contributed by atoms with Crippen LogP contribution in [-0.4, -0.2) is 64.7 Å². The van der Waals surface area contributed by atoms with Crippen LogP contribution in [0.25, 0.3) is 0 Å². The third kappa shape index (κ3) is 3.34. The molecule has 0 aromatic heterocycles. The van der Waals surface area contributed by atoms with Crippen LogP contribution in [0.15, 0.2) is 24.3 Å². The number of hydrogen-bond donors (Lipinski definition) is 3. The molecule has 1 aromatic carbocycles. The van der Waals surface area contributed by atoms with Crippen LogP contribution in [0.2, 0.25) is 0 Å². The molecule has 1 aliphatic heterocycles. The first kappa shape index (κ1) is 16.6. The average Bonchev–Trinajstić information content (AvgIpc) is 2.51. The van der Waals surface area contributed by atoms with E-state index in [0.29, 0.717) is 0 Å². The molecular formula is C13H17NO8. The van der Waals surface area contributed by atoms with Crippen LogP contribution < -0.4 is 4.74 Å². The molecule has 3 N–H and O–H groups in total. The predicted molar refractivity (Wildman–Crippen MR) is 72.3 cm³/mol. The van der Waals surface area contributed by atoms with Gasteiger partial charge in [-0.15, -0.1) is 0 Å². The van der Waals surface area contributed by atoms with Gasteiger partial charge in [0.05, 0.1) is 11.5 Å². The Kier molecular flexibility index (Phi) is 5.27. The lowest BCUT2D eigenvalue weighted by Gasteiger charge is -2.41. The van der Waals surface area contributed by atoms with Crippen LogP contribution in [0.1, 0.15) is 0 Å². The summed E-state index contributed by atoms with van der Waals surface area (Å²) in [6, 6.07) is 5.21. The maximum atomic E-state index is 10.6. The summed E-state index contributed by atoms with van der Waals surface area (Å²) in [4.78, 5) is 10.0. The van der Waals surface area contributed by atoms with Crippen molar-refractivity contribution in [3.05, 3.63) is 34.4 Å². The standard InChI is InChI=1S/C13H17NO8/c1-20-12-10(16)9(6-15)22-13(11(12)17)21-8-4-2-7(3-5-8)14(18)19/h2-5,9-13,15-17H,6H2,1H3/t9-,10+,11-,12+,13+/m1/s1. The molecule has 0 unspecified atom stereocenters. The molecule has 5 atom stereocenters. The lowest BCUT2D eigenvalue weighted by molar-refractivity contribution is -0.384. The zero-order valence-electron chi connectivity index (χ0n) is 11.7. The largest absolute Gasteiger partial charge is 0.462 e. The molecular weight excluding hydrogens is 298 g/mol. The second-order valence-corrected chi connectivity index (χ2v) is 4.78. The molecule has 122 valence electrons. The summed E-state index contributed by atoms with van der Waals surface area (Å²) in [5.41, 5.74) is -0.101. The molecule has 9 nitrogen and oxygen atoms in total. The van der Waals surface area contributed by atoms with E-state index in [1.54, 1.807) is 0 Å². The third-order valence-corrected chi connectivity index (χ3v) is 3.39. The molecule has 0 spiro atoms. The van der Waals surface area contributed by atoms with E-state index in [1.165, 1.54) is 31.4 Å². The molecule has 22 heavy (non-hydrogen) atoms. The van der Waals surface area contributed by atoms with Crippen molar-refractivity contribution in [3.63, 3.8) is 0 Å². The first-order valence-electron chi connectivity index (χ1n) is 6.54. The number of nitrogens with zero attached hydrogens (tertiary/aromatic N) is 1. The van der Waals surface area contributed by atoms with Crippen molar-refractivity contribution in [3.8, 4) is 5.75 Å².